The van der Waals surface area contributed by atoms with Crippen LogP contribution in [0.3, 0.4) is 0 Å². The maximum absolute atomic E-state index is 5.05. The molecule has 0 fully saturated rings. The van der Waals surface area contributed by atoms with Crippen LogP contribution < -0.4 is 0 Å². The highest BCUT2D eigenvalue weighted by atomic mass is 32.1. The zero-order valence-corrected chi connectivity index (χ0v) is 17.7. The van der Waals surface area contributed by atoms with Crippen LogP contribution in [0.2, 0.25) is 0 Å². The number of hydrogen-bond acceptors (Lipinski definition) is 3. The van der Waals surface area contributed by atoms with E-state index in [9.17, 15) is 0 Å². The van der Waals surface area contributed by atoms with Crippen molar-refractivity contribution in [2.75, 3.05) is 0 Å². The molecule has 2 nitrogen and oxygen atoms in total. The predicted molar refractivity (Wildman–Crippen MR) is 129 cm³/mol. The normalized spacial score (nSPS) is 12.0. The van der Waals surface area contributed by atoms with Crippen LogP contribution in [0, 0.1) is 0 Å². The molecule has 0 aliphatic carbocycles. The molecule has 4 aromatic carbocycles. The molecule has 2 heterocycles. The molecule has 0 unspecified atom stereocenters. The Hall–Kier alpha value is -3.30. The van der Waals surface area contributed by atoms with Crippen LogP contribution in [0.5, 0.6) is 0 Å². The molecule has 0 aliphatic heterocycles. The number of aromatic nitrogens is 2. The van der Waals surface area contributed by atoms with Gasteiger partial charge < -0.3 is 0 Å². The molecule has 0 aliphatic rings. The van der Waals surface area contributed by atoms with Crippen molar-refractivity contribution in [1.29, 1.82) is 0 Å². The van der Waals surface area contributed by atoms with Crippen molar-refractivity contribution in [2.45, 2.75) is 19.8 Å². The van der Waals surface area contributed by atoms with Crippen molar-refractivity contribution in [3.8, 4) is 11.3 Å². The number of fused-ring (bicyclic) bond motifs is 6. The van der Waals surface area contributed by atoms with Crippen LogP contribution in [0.25, 0.3) is 53.1 Å². The number of rotatable bonds is 2. The average molecular weight is 405 g/mol. The average Bonchev–Trinajstić information content (AvgIpc) is 3.17. The summed E-state index contributed by atoms with van der Waals surface area (Å²) in [5, 5.41) is 6.26. The van der Waals surface area contributed by atoms with E-state index in [0.717, 1.165) is 22.6 Å². The summed E-state index contributed by atoms with van der Waals surface area (Å²) in [5.74, 6) is 1.17. The predicted octanol–water partition coefficient (Wildman–Crippen LogP) is 7.94. The van der Waals surface area contributed by atoms with Crippen molar-refractivity contribution in [3.63, 3.8) is 0 Å². The second kappa shape index (κ2) is 6.61. The summed E-state index contributed by atoms with van der Waals surface area (Å²) in [6.45, 7) is 4.32. The van der Waals surface area contributed by atoms with Gasteiger partial charge in [-0.15, -0.1) is 11.3 Å². The minimum absolute atomic E-state index is 0.268. The standard InChI is InChI=1S/C27H20N2S/c1-16(2)27-28-23(20-12-11-17-7-3-4-9-19(17)15-20)26-24(29-27)22-14-13-18-8-5-6-10-21(18)25(22)30-26/h3-16H,1-2H3. The zero-order chi connectivity index (χ0) is 20.2. The smallest absolute Gasteiger partial charge is 0.132 e. The second-order valence-electron chi connectivity index (χ2n) is 8.09. The van der Waals surface area contributed by atoms with Crippen LogP contribution in [0.15, 0.2) is 78.9 Å². The van der Waals surface area contributed by atoms with Gasteiger partial charge in [0.25, 0.3) is 0 Å². The van der Waals surface area contributed by atoms with E-state index >= 15 is 0 Å². The fourth-order valence-corrected chi connectivity index (χ4v) is 5.47. The minimum atomic E-state index is 0.268. The van der Waals surface area contributed by atoms with Gasteiger partial charge in [0, 0.05) is 21.6 Å². The van der Waals surface area contributed by atoms with Gasteiger partial charge in [-0.25, -0.2) is 9.97 Å². The molecule has 0 radical (unpaired) electrons. The fraction of sp³-hybridized carbons (Fsp3) is 0.111. The molecular weight excluding hydrogens is 384 g/mol. The summed E-state index contributed by atoms with van der Waals surface area (Å²) in [7, 11) is 0. The van der Waals surface area contributed by atoms with Crippen molar-refractivity contribution in [2.24, 2.45) is 0 Å². The van der Waals surface area contributed by atoms with Crippen LogP contribution in [-0.4, -0.2) is 9.97 Å². The Bertz CT molecular complexity index is 1580. The van der Waals surface area contributed by atoms with E-state index < -0.39 is 0 Å². The molecule has 0 atom stereocenters. The SMILES string of the molecule is CC(C)c1nc(-c2ccc3ccccc3c2)c2sc3c4ccccc4ccc3c2n1. The Kier molecular flexibility index (Phi) is 3.87. The van der Waals surface area contributed by atoms with Crippen molar-refractivity contribution < 1.29 is 0 Å². The van der Waals surface area contributed by atoms with Crippen LogP contribution >= 0.6 is 11.3 Å². The largest absolute Gasteiger partial charge is 0.231 e. The van der Waals surface area contributed by atoms with Crippen LogP contribution in [0.1, 0.15) is 25.6 Å². The first-order valence-corrected chi connectivity index (χ1v) is 11.1. The van der Waals surface area contributed by atoms with Crippen LogP contribution in [0.4, 0.5) is 0 Å². The highest BCUT2D eigenvalue weighted by molar-refractivity contribution is 7.27. The lowest BCUT2D eigenvalue weighted by molar-refractivity contribution is 0.785. The van der Waals surface area contributed by atoms with Gasteiger partial charge in [-0.3, -0.25) is 0 Å². The Morgan fingerprint density at radius 2 is 1.40 bits per heavy atom. The van der Waals surface area contributed by atoms with E-state index in [2.05, 4.69) is 92.7 Å². The van der Waals surface area contributed by atoms with Gasteiger partial charge in [-0.1, -0.05) is 86.6 Å². The van der Waals surface area contributed by atoms with Gasteiger partial charge >= 0.3 is 0 Å². The Morgan fingerprint density at radius 3 is 2.23 bits per heavy atom. The first-order valence-electron chi connectivity index (χ1n) is 10.3. The highest BCUT2D eigenvalue weighted by Crippen LogP contribution is 2.42. The molecule has 0 spiro atoms. The number of hydrogen-bond donors (Lipinski definition) is 0. The van der Waals surface area contributed by atoms with Crippen molar-refractivity contribution >= 4 is 53.2 Å². The highest BCUT2D eigenvalue weighted by Gasteiger charge is 2.18. The summed E-state index contributed by atoms with van der Waals surface area (Å²) >= 11 is 1.81. The van der Waals surface area contributed by atoms with Gasteiger partial charge in [0.1, 0.15) is 5.82 Å². The number of benzene rings is 4. The van der Waals surface area contributed by atoms with Gasteiger partial charge in [0.2, 0.25) is 0 Å². The molecule has 0 saturated carbocycles. The van der Waals surface area contributed by atoms with Gasteiger partial charge in [-0.05, 0) is 27.6 Å². The summed E-state index contributed by atoms with van der Waals surface area (Å²) < 4.78 is 2.46. The molecule has 0 bridgehead atoms. The maximum atomic E-state index is 5.05. The van der Waals surface area contributed by atoms with E-state index in [1.54, 1.807) is 0 Å². The lowest BCUT2D eigenvalue weighted by Crippen LogP contribution is -1.99. The molecule has 3 heteroatoms. The Morgan fingerprint density at radius 1 is 0.667 bits per heavy atom. The third-order valence-electron chi connectivity index (χ3n) is 5.76. The Balaban J connectivity index is 1.74. The van der Waals surface area contributed by atoms with Gasteiger partial charge in [0.15, 0.2) is 0 Å². The monoisotopic (exact) mass is 404 g/mol. The van der Waals surface area contributed by atoms with E-state index in [-0.39, 0.29) is 5.92 Å². The van der Waals surface area contributed by atoms with E-state index in [4.69, 9.17) is 9.97 Å². The lowest BCUT2D eigenvalue weighted by Gasteiger charge is -2.09. The first-order chi connectivity index (χ1) is 14.7. The fourth-order valence-electron chi connectivity index (χ4n) is 4.18. The number of nitrogens with zero attached hydrogens (tertiary/aromatic N) is 2. The molecule has 6 rings (SSSR count). The topological polar surface area (TPSA) is 25.8 Å². The van der Waals surface area contributed by atoms with Crippen molar-refractivity contribution in [3.05, 3.63) is 84.7 Å². The second-order valence-corrected chi connectivity index (χ2v) is 9.11. The minimum Gasteiger partial charge on any atom is -0.231 e. The van der Waals surface area contributed by atoms with Gasteiger partial charge in [-0.2, -0.15) is 0 Å². The van der Waals surface area contributed by atoms with Crippen LogP contribution in [-0.2, 0) is 0 Å². The lowest BCUT2D eigenvalue weighted by atomic mass is 10.0. The summed E-state index contributed by atoms with van der Waals surface area (Å²) in [6.07, 6.45) is 0. The van der Waals surface area contributed by atoms with E-state index in [1.807, 2.05) is 11.3 Å². The Labute approximate surface area is 178 Å². The van der Waals surface area contributed by atoms with E-state index in [0.29, 0.717) is 0 Å². The van der Waals surface area contributed by atoms with E-state index in [1.165, 1.54) is 36.3 Å². The summed E-state index contributed by atoms with van der Waals surface area (Å²) in [5.41, 5.74) is 3.27. The van der Waals surface area contributed by atoms with Gasteiger partial charge in [0.05, 0.1) is 15.9 Å². The third kappa shape index (κ3) is 2.62. The molecule has 0 amide bonds. The molecule has 6 aromatic rings. The molecular formula is C27H20N2S. The molecule has 30 heavy (non-hydrogen) atoms. The summed E-state index contributed by atoms with van der Waals surface area (Å²) in [6, 6.07) is 28.1. The summed E-state index contributed by atoms with van der Waals surface area (Å²) in [4.78, 5) is 10.1. The third-order valence-corrected chi connectivity index (χ3v) is 7.00. The molecule has 0 saturated heterocycles. The zero-order valence-electron chi connectivity index (χ0n) is 16.9. The quantitative estimate of drug-likeness (QED) is 0.293. The first kappa shape index (κ1) is 17.5. The molecule has 0 N–H and O–H groups in total. The van der Waals surface area contributed by atoms with Crippen molar-refractivity contribution in [1.82, 2.24) is 9.97 Å². The number of thiophene rings is 1. The maximum Gasteiger partial charge on any atom is 0.132 e. The molecule has 2 aromatic heterocycles. The molecule has 144 valence electrons.